The topological polar surface area (TPSA) is 49.4 Å². The number of anilines is 1. The Balaban J connectivity index is 2.40. The molecule has 102 valence electrons. The maximum atomic E-state index is 12.5. The molecule has 0 radical (unpaired) electrons. The Labute approximate surface area is 117 Å². The zero-order chi connectivity index (χ0) is 14.2. The van der Waals surface area contributed by atoms with Crippen LogP contribution in [0.1, 0.15) is 31.1 Å². The van der Waals surface area contributed by atoms with Gasteiger partial charge in [0.2, 0.25) is 5.91 Å². The number of hydrogen-bond acceptors (Lipinski definition) is 2. The van der Waals surface area contributed by atoms with Gasteiger partial charge >= 0.3 is 0 Å². The molecular weight excluding hydrogens is 264 g/mol. The van der Waals surface area contributed by atoms with E-state index < -0.39 is 0 Å². The van der Waals surface area contributed by atoms with Crippen LogP contribution in [-0.4, -0.2) is 29.8 Å². The normalized spacial score (nSPS) is 15.9. The monoisotopic (exact) mass is 280 g/mol. The van der Waals surface area contributed by atoms with Crippen molar-refractivity contribution in [2.75, 3.05) is 18.4 Å². The molecule has 0 bridgehead atoms. The molecule has 0 saturated carbocycles. The molecule has 0 spiro atoms. The highest BCUT2D eigenvalue weighted by atomic mass is 35.5. The summed E-state index contributed by atoms with van der Waals surface area (Å²) in [5.74, 6) is -0.343. The molecule has 1 aliphatic heterocycles. The minimum Gasteiger partial charge on any atom is -0.329 e. The molecule has 0 aromatic heterocycles. The molecule has 2 rings (SSSR count). The molecule has 1 aromatic rings. The SMILES string of the molecule is CC(C)(C)CN1CC(=O)Nc2ccc(Cl)cc2C1=O. The van der Waals surface area contributed by atoms with Gasteiger partial charge in [0.1, 0.15) is 6.54 Å². The quantitative estimate of drug-likeness (QED) is 0.860. The van der Waals surface area contributed by atoms with Crippen molar-refractivity contribution in [2.24, 2.45) is 5.41 Å². The van der Waals surface area contributed by atoms with Gasteiger partial charge in [0.25, 0.3) is 5.91 Å². The number of amides is 2. The molecule has 1 N–H and O–H groups in total. The van der Waals surface area contributed by atoms with E-state index in [0.717, 1.165) is 0 Å². The fraction of sp³-hybridized carbons (Fsp3) is 0.429. The molecule has 0 unspecified atom stereocenters. The largest absolute Gasteiger partial charge is 0.329 e. The van der Waals surface area contributed by atoms with Gasteiger partial charge in [-0.2, -0.15) is 0 Å². The molecular formula is C14H17ClN2O2. The zero-order valence-corrected chi connectivity index (χ0v) is 12.0. The maximum absolute atomic E-state index is 12.5. The molecule has 0 aliphatic carbocycles. The molecule has 19 heavy (non-hydrogen) atoms. The van der Waals surface area contributed by atoms with Gasteiger partial charge in [-0.3, -0.25) is 9.59 Å². The molecule has 0 saturated heterocycles. The van der Waals surface area contributed by atoms with E-state index >= 15 is 0 Å². The first-order valence-electron chi connectivity index (χ1n) is 6.15. The van der Waals surface area contributed by atoms with Gasteiger partial charge < -0.3 is 10.2 Å². The lowest BCUT2D eigenvalue weighted by Gasteiger charge is -2.28. The number of rotatable bonds is 1. The van der Waals surface area contributed by atoms with Crippen molar-refractivity contribution >= 4 is 29.1 Å². The van der Waals surface area contributed by atoms with Crippen LogP contribution < -0.4 is 5.32 Å². The second kappa shape index (κ2) is 4.85. The second-order valence-electron chi connectivity index (χ2n) is 5.96. The van der Waals surface area contributed by atoms with E-state index in [0.29, 0.717) is 22.8 Å². The van der Waals surface area contributed by atoms with Gasteiger partial charge in [-0.15, -0.1) is 0 Å². The van der Waals surface area contributed by atoms with E-state index in [2.05, 4.69) is 5.32 Å². The van der Waals surface area contributed by atoms with Crippen LogP contribution in [0.2, 0.25) is 5.02 Å². The van der Waals surface area contributed by atoms with Gasteiger partial charge in [0, 0.05) is 11.6 Å². The Morgan fingerprint density at radius 2 is 2.00 bits per heavy atom. The van der Waals surface area contributed by atoms with Gasteiger partial charge in [-0.1, -0.05) is 32.4 Å². The predicted molar refractivity (Wildman–Crippen MR) is 75.4 cm³/mol. The Morgan fingerprint density at radius 3 is 2.63 bits per heavy atom. The minimum atomic E-state index is -0.182. The third-order valence-electron chi connectivity index (χ3n) is 2.77. The number of fused-ring (bicyclic) bond motifs is 1. The van der Waals surface area contributed by atoms with Crippen molar-refractivity contribution in [3.63, 3.8) is 0 Å². The minimum absolute atomic E-state index is 0.0704. The number of nitrogens with zero attached hydrogens (tertiary/aromatic N) is 1. The fourth-order valence-electron chi connectivity index (χ4n) is 2.11. The molecule has 5 heteroatoms. The standard InChI is InChI=1S/C14H17ClN2O2/c1-14(2,3)8-17-7-12(18)16-11-5-4-9(15)6-10(11)13(17)19/h4-6H,7-8H2,1-3H3,(H,16,18). The Kier molecular flexibility index (Phi) is 3.54. The van der Waals surface area contributed by atoms with Crippen LogP contribution in [0.25, 0.3) is 0 Å². The zero-order valence-electron chi connectivity index (χ0n) is 11.3. The smallest absolute Gasteiger partial charge is 0.256 e. The van der Waals surface area contributed by atoms with E-state index in [1.165, 1.54) is 0 Å². The number of nitrogens with one attached hydrogen (secondary N) is 1. The Bertz CT molecular complexity index is 535. The maximum Gasteiger partial charge on any atom is 0.256 e. The summed E-state index contributed by atoms with van der Waals surface area (Å²) in [6.45, 7) is 6.68. The molecule has 1 aromatic carbocycles. The molecule has 1 aliphatic rings. The highest BCUT2D eigenvalue weighted by molar-refractivity contribution is 6.31. The lowest BCUT2D eigenvalue weighted by Crippen LogP contribution is -2.40. The number of carbonyl (C=O) groups is 2. The number of benzene rings is 1. The molecule has 4 nitrogen and oxygen atoms in total. The average molecular weight is 281 g/mol. The number of hydrogen-bond donors (Lipinski definition) is 1. The van der Waals surface area contributed by atoms with Crippen molar-refractivity contribution in [1.82, 2.24) is 4.90 Å². The van der Waals surface area contributed by atoms with Gasteiger partial charge in [0.05, 0.1) is 11.3 Å². The van der Waals surface area contributed by atoms with Crippen molar-refractivity contribution < 1.29 is 9.59 Å². The lowest BCUT2D eigenvalue weighted by atomic mass is 9.95. The summed E-state index contributed by atoms with van der Waals surface area (Å²) in [5.41, 5.74) is 0.900. The van der Waals surface area contributed by atoms with Gasteiger partial charge in [0.15, 0.2) is 0 Å². The first kappa shape index (κ1) is 13.9. The van der Waals surface area contributed by atoms with Gasteiger partial charge in [-0.25, -0.2) is 0 Å². The molecule has 0 fully saturated rings. The highest BCUT2D eigenvalue weighted by Gasteiger charge is 2.29. The van der Waals surface area contributed by atoms with Crippen LogP contribution in [0.5, 0.6) is 0 Å². The summed E-state index contributed by atoms with van der Waals surface area (Å²) in [7, 11) is 0. The van der Waals surface area contributed by atoms with Crippen LogP contribution in [0, 0.1) is 5.41 Å². The summed E-state index contributed by atoms with van der Waals surface area (Å²) in [6.07, 6.45) is 0. The third-order valence-corrected chi connectivity index (χ3v) is 3.01. The Morgan fingerprint density at radius 1 is 1.32 bits per heavy atom. The first-order valence-corrected chi connectivity index (χ1v) is 6.53. The van der Waals surface area contributed by atoms with E-state index in [1.54, 1.807) is 23.1 Å². The van der Waals surface area contributed by atoms with Crippen molar-refractivity contribution in [3.8, 4) is 0 Å². The number of carbonyl (C=O) groups excluding carboxylic acids is 2. The third kappa shape index (κ3) is 3.26. The average Bonchev–Trinajstić information content (AvgIpc) is 2.37. The van der Waals surface area contributed by atoms with Crippen molar-refractivity contribution in [1.29, 1.82) is 0 Å². The summed E-state index contributed by atoms with van der Waals surface area (Å²) >= 11 is 5.93. The van der Waals surface area contributed by atoms with Crippen LogP contribution in [0.4, 0.5) is 5.69 Å². The first-order chi connectivity index (χ1) is 8.76. The van der Waals surface area contributed by atoms with Crippen LogP contribution in [0.15, 0.2) is 18.2 Å². The summed E-state index contributed by atoms with van der Waals surface area (Å²) in [5, 5.41) is 3.22. The van der Waals surface area contributed by atoms with Crippen LogP contribution >= 0.6 is 11.6 Å². The van der Waals surface area contributed by atoms with E-state index in [9.17, 15) is 9.59 Å². The molecule has 2 amide bonds. The lowest BCUT2D eigenvalue weighted by molar-refractivity contribution is -0.116. The van der Waals surface area contributed by atoms with E-state index in [1.807, 2.05) is 20.8 Å². The summed E-state index contributed by atoms with van der Waals surface area (Å²) < 4.78 is 0. The van der Waals surface area contributed by atoms with Gasteiger partial charge in [-0.05, 0) is 23.6 Å². The molecule has 0 atom stereocenters. The van der Waals surface area contributed by atoms with Crippen LogP contribution in [-0.2, 0) is 4.79 Å². The van der Waals surface area contributed by atoms with Crippen LogP contribution in [0.3, 0.4) is 0 Å². The predicted octanol–water partition coefficient (Wildman–Crippen LogP) is 2.78. The fourth-order valence-corrected chi connectivity index (χ4v) is 2.28. The van der Waals surface area contributed by atoms with E-state index in [-0.39, 0.29) is 23.8 Å². The van der Waals surface area contributed by atoms with E-state index in [4.69, 9.17) is 11.6 Å². The summed E-state index contributed by atoms with van der Waals surface area (Å²) in [6, 6.07) is 4.92. The number of halogens is 1. The Hall–Kier alpha value is -1.55. The summed E-state index contributed by atoms with van der Waals surface area (Å²) in [4.78, 5) is 25.9. The van der Waals surface area contributed by atoms with Crippen molar-refractivity contribution in [2.45, 2.75) is 20.8 Å². The highest BCUT2D eigenvalue weighted by Crippen LogP contribution is 2.26. The van der Waals surface area contributed by atoms with Crippen molar-refractivity contribution in [3.05, 3.63) is 28.8 Å². The molecule has 1 heterocycles. The second-order valence-corrected chi connectivity index (χ2v) is 6.40.